The second kappa shape index (κ2) is 6.83. The normalized spacial score (nSPS) is 9.89. The predicted octanol–water partition coefficient (Wildman–Crippen LogP) is 1.81. The number of anilines is 1. The fourth-order valence-corrected chi connectivity index (χ4v) is 1.41. The van der Waals surface area contributed by atoms with E-state index >= 15 is 0 Å². The molecule has 0 aliphatic carbocycles. The third kappa shape index (κ3) is 4.23. The van der Waals surface area contributed by atoms with Gasteiger partial charge in [-0.2, -0.15) is 0 Å². The van der Waals surface area contributed by atoms with Crippen LogP contribution >= 0.6 is 11.6 Å². The number of methoxy groups -OCH3 is 1. The molecular weight excluding hydrogens is 260 g/mol. The van der Waals surface area contributed by atoms with Crippen LogP contribution in [0.1, 0.15) is 10.4 Å². The summed E-state index contributed by atoms with van der Waals surface area (Å²) in [5.74, 6) is -1.16. The maximum atomic E-state index is 11.4. The second-order valence-corrected chi connectivity index (χ2v) is 3.81. The van der Waals surface area contributed by atoms with Crippen molar-refractivity contribution in [3.8, 4) is 0 Å². The van der Waals surface area contributed by atoms with Crippen molar-refractivity contribution in [2.24, 2.45) is 0 Å². The zero-order chi connectivity index (χ0) is 13.5. The minimum atomic E-state index is -1.16. The number of carbonyl (C=O) groups is 2. The fraction of sp³-hybridized carbons (Fsp3) is 0.273. The van der Waals surface area contributed by atoms with E-state index in [1.54, 1.807) is 0 Å². The quantitative estimate of drug-likeness (QED) is 0.713. The Hall–Kier alpha value is -1.79. The number of hydrogen-bond donors (Lipinski definition) is 3. The summed E-state index contributed by atoms with van der Waals surface area (Å²) in [5, 5.41) is 14.2. The van der Waals surface area contributed by atoms with E-state index < -0.39 is 12.0 Å². The van der Waals surface area contributed by atoms with Gasteiger partial charge in [0.25, 0.3) is 0 Å². The molecule has 6 nitrogen and oxygen atoms in total. The van der Waals surface area contributed by atoms with Crippen LogP contribution in [0.5, 0.6) is 0 Å². The van der Waals surface area contributed by atoms with Crippen LogP contribution in [0.15, 0.2) is 18.2 Å². The number of halogens is 1. The molecule has 0 aliphatic rings. The average Bonchev–Trinajstić information content (AvgIpc) is 2.31. The van der Waals surface area contributed by atoms with Crippen molar-refractivity contribution in [1.29, 1.82) is 0 Å². The Kier molecular flexibility index (Phi) is 5.41. The molecule has 1 aromatic rings. The zero-order valence-corrected chi connectivity index (χ0v) is 10.5. The van der Waals surface area contributed by atoms with Crippen molar-refractivity contribution in [3.63, 3.8) is 0 Å². The highest BCUT2D eigenvalue weighted by atomic mass is 35.5. The third-order valence-electron chi connectivity index (χ3n) is 2.05. The molecule has 98 valence electrons. The first-order valence-corrected chi connectivity index (χ1v) is 5.49. The average molecular weight is 273 g/mol. The lowest BCUT2D eigenvalue weighted by atomic mass is 10.2. The van der Waals surface area contributed by atoms with E-state index in [1.165, 1.54) is 25.3 Å². The molecule has 0 aliphatic heterocycles. The Morgan fingerprint density at radius 2 is 2.17 bits per heavy atom. The van der Waals surface area contributed by atoms with Gasteiger partial charge in [-0.25, -0.2) is 9.59 Å². The lowest BCUT2D eigenvalue weighted by Crippen LogP contribution is -2.31. The molecule has 0 saturated heterocycles. The number of ether oxygens (including phenoxy) is 1. The molecule has 18 heavy (non-hydrogen) atoms. The summed E-state index contributed by atoms with van der Waals surface area (Å²) in [4.78, 5) is 22.4. The molecule has 2 amide bonds. The van der Waals surface area contributed by atoms with Crippen molar-refractivity contribution in [2.75, 3.05) is 25.6 Å². The lowest BCUT2D eigenvalue weighted by molar-refractivity contribution is 0.0698. The van der Waals surface area contributed by atoms with Crippen LogP contribution in [-0.2, 0) is 4.74 Å². The van der Waals surface area contributed by atoms with Gasteiger partial charge in [-0.15, -0.1) is 0 Å². The summed E-state index contributed by atoms with van der Waals surface area (Å²) in [7, 11) is 1.52. The fourth-order valence-electron chi connectivity index (χ4n) is 1.24. The van der Waals surface area contributed by atoms with Crippen LogP contribution in [0.4, 0.5) is 10.5 Å². The summed E-state index contributed by atoms with van der Waals surface area (Å²) in [6, 6.07) is 3.70. The van der Waals surface area contributed by atoms with Gasteiger partial charge >= 0.3 is 12.0 Å². The monoisotopic (exact) mass is 272 g/mol. The maximum absolute atomic E-state index is 11.4. The first kappa shape index (κ1) is 14.3. The Labute approximate surface area is 109 Å². The van der Waals surface area contributed by atoms with E-state index in [1.807, 2.05) is 0 Å². The lowest BCUT2D eigenvalue weighted by Gasteiger charge is -2.09. The summed E-state index contributed by atoms with van der Waals surface area (Å²) in [5.41, 5.74) is 0.117. The topological polar surface area (TPSA) is 87.7 Å². The largest absolute Gasteiger partial charge is 0.478 e. The van der Waals surface area contributed by atoms with Gasteiger partial charge in [0.1, 0.15) is 0 Å². The minimum Gasteiger partial charge on any atom is -0.478 e. The van der Waals surface area contributed by atoms with Gasteiger partial charge in [-0.3, -0.25) is 0 Å². The highest BCUT2D eigenvalue weighted by molar-refractivity contribution is 6.31. The van der Waals surface area contributed by atoms with Crippen LogP contribution in [0.3, 0.4) is 0 Å². The molecule has 0 spiro atoms. The number of nitrogens with one attached hydrogen (secondary N) is 2. The molecule has 0 saturated carbocycles. The summed E-state index contributed by atoms with van der Waals surface area (Å²) < 4.78 is 4.77. The van der Waals surface area contributed by atoms with Crippen molar-refractivity contribution < 1.29 is 19.4 Å². The first-order valence-electron chi connectivity index (χ1n) is 5.11. The smallest absolute Gasteiger partial charge is 0.337 e. The molecule has 0 atom stereocenters. The Morgan fingerprint density at radius 1 is 1.44 bits per heavy atom. The van der Waals surface area contributed by atoms with Gasteiger partial charge in [-0.1, -0.05) is 11.6 Å². The third-order valence-corrected chi connectivity index (χ3v) is 2.29. The number of carboxylic acid groups (broad SMARTS) is 1. The molecule has 0 radical (unpaired) electrons. The highest BCUT2D eigenvalue weighted by Gasteiger charge is 2.12. The second-order valence-electron chi connectivity index (χ2n) is 3.37. The SMILES string of the molecule is COCCNC(=O)Nc1ccc(Cl)cc1C(=O)O. The van der Waals surface area contributed by atoms with Crippen molar-refractivity contribution >= 4 is 29.3 Å². The van der Waals surface area contributed by atoms with Gasteiger partial charge in [-0.05, 0) is 18.2 Å². The van der Waals surface area contributed by atoms with Crippen LogP contribution in [0, 0.1) is 0 Å². The number of carboxylic acids is 1. The maximum Gasteiger partial charge on any atom is 0.337 e. The highest BCUT2D eigenvalue weighted by Crippen LogP contribution is 2.20. The van der Waals surface area contributed by atoms with Crippen LogP contribution in [0.2, 0.25) is 5.02 Å². The number of hydrogen-bond acceptors (Lipinski definition) is 3. The van der Waals surface area contributed by atoms with Crippen molar-refractivity contribution in [3.05, 3.63) is 28.8 Å². The molecule has 0 fully saturated rings. The van der Waals surface area contributed by atoms with Crippen LogP contribution in [-0.4, -0.2) is 37.4 Å². The standard InChI is InChI=1S/C11H13ClN2O4/c1-18-5-4-13-11(17)14-9-3-2-7(12)6-8(9)10(15)16/h2-3,6H,4-5H2,1H3,(H,15,16)(H2,13,14,17). The Morgan fingerprint density at radius 3 is 2.78 bits per heavy atom. The van der Waals surface area contributed by atoms with E-state index in [4.69, 9.17) is 21.4 Å². The summed E-state index contributed by atoms with van der Waals surface area (Å²) >= 11 is 5.69. The molecule has 7 heteroatoms. The molecule has 1 rings (SSSR count). The number of benzene rings is 1. The van der Waals surface area contributed by atoms with E-state index in [2.05, 4.69) is 10.6 Å². The molecule has 0 aromatic heterocycles. The number of carbonyl (C=O) groups excluding carboxylic acids is 1. The Balaban J connectivity index is 2.72. The summed E-state index contributed by atoms with van der Waals surface area (Å²) in [6.07, 6.45) is 0. The minimum absolute atomic E-state index is 0.0654. The molecule has 0 heterocycles. The van der Waals surface area contributed by atoms with E-state index in [0.717, 1.165) is 0 Å². The van der Waals surface area contributed by atoms with Crippen LogP contribution in [0.25, 0.3) is 0 Å². The number of rotatable bonds is 5. The number of aromatic carboxylic acids is 1. The van der Waals surface area contributed by atoms with Crippen LogP contribution < -0.4 is 10.6 Å². The number of urea groups is 1. The molecule has 3 N–H and O–H groups in total. The Bertz CT molecular complexity index is 451. The summed E-state index contributed by atoms with van der Waals surface area (Å²) in [6.45, 7) is 0.707. The van der Waals surface area contributed by atoms with E-state index in [9.17, 15) is 9.59 Å². The van der Waals surface area contributed by atoms with E-state index in [-0.39, 0.29) is 16.3 Å². The van der Waals surface area contributed by atoms with Gasteiger partial charge in [0, 0.05) is 18.7 Å². The molecule has 0 unspecified atom stereocenters. The number of amides is 2. The predicted molar refractivity (Wildman–Crippen MR) is 67.3 cm³/mol. The molecule has 1 aromatic carbocycles. The molecule has 0 bridgehead atoms. The van der Waals surface area contributed by atoms with Gasteiger partial charge in [0.2, 0.25) is 0 Å². The van der Waals surface area contributed by atoms with Crippen molar-refractivity contribution in [2.45, 2.75) is 0 Å². The van der Waals surface area contributed by atoms with Crippen molar-refractivity contribution in [1.82, 2.24) is 5.32 Å². The van der Waals surface area contributed by atoms with Gasteiger partial charge in [0.15, 0.2) is 0 Å². The molecular formula is C11H13ClN2O4. The van der Waals surface area contributed by atoms with Gasteiger partial charge in [0.05, 0.1) is 17.9 Å². The zero-order valence-electron chi connectivity index (χ0n) is 9.70. The van der Waals surface area contributed by atoms with Gasteiger partial charge < -0.3 is 20.5 Å². The van der Waals surface area contributed by atoms with E-state index in [0.29, 0.717) is 13.2 Å². The first-order chi connectivity index (χ1) is 8.54.